The molecule has 0 aromatic rings. The minimum Gasteiger partial charge on any atom is -0.376 e. The van der Waals surface area contributed by atoms with Crippen molar-refractivity contribution in [3.63, 3.8) is 0 Å². The Morgan fingerprint density at radius 2 is 1.38 bits per heavy atom. The molecule has 0 aromatic carbocycles. The molecule has 0 amide bonds. The van der Waals surface area contributed by atoms with Crippen molar-refractivity contribution in [2.24, 2.45) is 47.3 Å². The number of fused-ring (bicyclic) bond motifs is 9. The summed E-state index contributed by atoms with van der Waals surface area (Å²) in [5, 5.41) is 10.00. The summed E-state index contributed by atoms with van der Waals surface area (Å²) in [6, 6.07) is 0. The van der Waals surface area contributed by atoms with Gasteiger partial charge in [-0.3, -0.25) is 0 Å². The second-order valence-corrected chi connectivity index (χ2v) is 7.77. The van der Waals surface area contributed by atoms with Gasteiger partial charge >= 0.3 is 6.18 Å². The highest BCUT2D eigenvalue weighted by molar-refractivity contribution is 5.25. The zero-order valence-corrected chi connectivity index (χ0v) is 11.9. The SMILES string of the molecule is CC1C(C)C2CC1C1C2C2CC1C(F)(F)C2(O)C(F)(F)F. The highest BCUT2D eigenvalue weighted by Gasteiger charge is 2.86. The molecule has 4 saturated carbocycles. The molecule has 9 unspecified atom stereocenters. The summed E-state index contributed by atoms with van der Waals surface area (Å²) in [6.07, 6.45) is -4.68. The minimum atomic E-state index is -5.27. The first-order valence-corrected chi connectivity index (χ1v) is 7.70. The molecule has 0 spiro atoms. The monoisotopic (exact) mass is 310 g/mol. The molecule has 4 aliphatic rings. The number of halogens is 5. The molecule has 120 valence electrons. The summed E-state index contributed by atoms with van der Waals surface area (Å²) >= 11 is 0. The van der Waals surface area contributed by atoms with Crippen LogP contribution in [0.1, 0.15) is 26.7 Å². The zero-order valence-electron chi connectivity index (χ0n) is 11.9. The summed E-state index contributed by atoms with van der Waals surface area (Å²) in [5.41, 5.74) is -3.82. The van der Waals surface area contributed by atoms with E-state index in [9.17, 15) is 27.1 Å². The fraction of sp³-hybridized carbons (Fsp3) is 1.00. The van der Waals surface area contributed by atoms with Gasteiger partial charge < -0.3 is 5.11 Å². The molecule has 4 bridgehead atoms. The van der Waals surface area contributed by atoms with Crippen LogP contribution in [0.5, 0.6) is 0 Å². The fourth-order valence-corrected chi connectivity index (χ4v) is 6.60. The average Bonchev–Trinajstić information content (AvgIpc) is 3.01. The largest absolute Gasteiger partial charge is 0.423 e. The van der Waals surface area contributed by atoms with Crippen LogP contribution in [-0.4, -0.2) is 22.8 Å². The molecule has 9 atom stereocenters. The first kappa shape index (κ1) is 14.2. The lowest BCUT2D eigenvalue weighted by molar-refractivity contribution is -0.360. The summed E-state index contributed by atoms with van der Waals surface area (Å²) < 4.78 is 68.5. The molecule has 1 nitrogen and oxygen atoms in total. The predicted octanol–water partition coefficient (Wildman–Crippen LogP) is 3.72. The van der Waals surface area contributed by atoms with E-state index in [0.717, 1.165) is 6.42 Å². The molecule has 0 aromatic heterocycles. The fourth-order valence-electron chi connectivity index (χ4n) is 6.60. The van der Waals surface area contributed by atoms with Crippen LogP contribution in [0.3, 0.4) is 0 Å². The average molecular weight is 310 g/mol. The second kappa shape index (κ2) is 3.57. The lowest BCUT2D eigenvalue weighted by Gasteiger charge is -2.50. The van der Waals surface area contributed by atoms with Crippen LogP contribution in [0.15, 0.2) is 0 Å². The molecule has 0 heterocycles. The van der Waals surface area contributed by atoms with Crippen LogP contribution >= 0.6 is 0 Å². The number of aliphatic hydroxyl groups is 1. The predicted molar refractivity (Wildman–Crippen MR) is 64.5 cm³/mol. The van der Waals surface area contributed by atoms with Crippen LogP contribution in [0.25, 0.3) is 0 Å². The minimum absolute atomic E-state index is 0.0648. The van der Waals surface area contributed by atoms with E-state index in [1.54, 1.807) is 0 Å². The molecule has 4 rings (SSSR count). The molecular weight excluding hydrogens is 291 g/mol. The van der Waals surface area contributed by atoms with Crippen molar-refractivity contribution in [1.29, 1.82) is 0 Å². The smallest absolute Gasteiger partial charge is 0.376 e. The Morgan fingerprint density at radius 1 is 0.905 bits per heavy atom. The van der Waals surface area contributed by atoms with Gasteiger partial charge in [-0.2, -0.15) is 13.2 Å². The van der Waals surface area contributed by atoms with Crippen molar-refractivity contribution in [2.75, 3.05) is 0 Å². The second-order valence-electron chi connectivity index (χ2n) is 7.77. The molecule has 4 aliphatic carbocycles. The maximum atomic E-state index is 14.4. The first-order chi connectivity index (χ1) is 9.53. The molecule has 6 heteroatoms. The Hall–Kier alpha value is -0.390. The lowest BCUT2D eigenvalue weighted by Crippen LogP contribution is -2.66. The van der Waals surface area contributed by atoms with Gasteiger partial charge in [0.2, 0.25) is 5.60 Å². The normalized spacial score (nSPS) is 60.6. The van der Waals surface area contributed by atoms with E-state index < -0.39 is 29.5 Å². The van der Waals surface area contributed by atoms with Crippen LogP contribution in [0.2, 0.25) is 0 Å². The number of hydrogen-bond acceptors (Lipinski definition) is 1. The highest BCUT2D eigenvalue weighted by Crippen LogP contribution is 2.77. The number of hydrogen-bond donors (Lipinski definition) is 1. The van der Waals surface area contributed by atoms with Gasteiger partial charge in [0.25, 0.3) is 5.92 Å². The van der Waals surface area contributed by atoms with E-state index in [-0.39, 0.29) is 36.0 Å². The van der Waals surface area contributed by atoms with Gasteiger partial charge in [0.05, 0.1) is 0 Å². The van der Waals surface area contributed by atoms with E-state index >= 15 is 0 Å². The summed E-state index contributed by atoms with van der Waals surface area (Å²) in [7, 11) is 0. The van der Waals surface area contributed by atoms with E-state index in [0.29, 0.717) is 5.92 Å². The van der Waals surface area contributed by atoms with Crippen LogP contribution in [-0.2, 0) is 0 Å². The van der Waals surface area contributed by atoms with Crippen LogP contribution in [0.4, 0.5) is 22.0 Å². The van der Waals surface area contributed by atoms with Crippen LogP contribution < -0.4 is 0 Å². The van der Waals surface area contributed by atoms with Gasteiger partial charge in [-0.1, -0.05) is 13.8 Å². The molecule has 0 radical (unpaired) electrons. The molecule has 4 fully saturated rings. The van der Waals surface area contributed by atoms with Crippen molar-refractivity contribution in [2.45, 2.75) is 44.4 Å². The molecular formula is C15H19F5O. The van der Waals surface area contributed by atoms with Crippen molar-refractivity contribution in [3.8, 4) is 0 Å². The van der Waals surface area contributed by atoms with E-state index in [2.05, 4.69) is 0 Å². The van der Waals surface area contributed by atoms with Crippen molar-refractivity contribution >= 4 is 0 Å². The maximum Gasteiger partial charge on any atom is 0.423 e. The van der Waals surface area contributed by atoms with E-state index in [4.69, 9.17) is 0 Å². The van der Waals surface area contributed by atoms with Gasteiger partial charge in [0, 0.05) is 11.8 Å². The van der Waals surface area contributed by atoms with Crippen molar-refractivity contribution < 1.29 is 27.1 Å². The molecule has 21 heavy (non-hydrogen) atoms. The molecule has 0 saturated heterocycles. The maximum absolute atomic E-state index is 14.4. The summed E-state index contributed by atoms with van der Waals surface area (Å²) in [5.74, 6) is -6.65. The summed E-state index contributed by atoms with van der Waals surface area (Å²) in [4.78, 5) is 0. The lowest BCUT2D eigenvalue weighted by atomic mass is 9.59. The molecule has 0 aliphatic heterocycles. The Labute approximate surface area is 119 Å². The van der Waals surface area contributed by atoms with E-state index in [1.807, 2.05) is 13.8 Å². The van der Waals surface area contributed by atoms with Gasteiger partial charge in [0.15, 0.2) is 0 Å². The topological polar surface area (TPSA) is 20.2 Å². The van der Waals surface area contributed by atoms with E-state index in [1.165, 1.54) is 0 Å². The Kier molecular flexibility index (Phi) is 2.42. The van der Waals surface area contributed by atoms with Crippen molar-refractivity contribution in [3.05, 3.63) is 0 Å². The Balaban J connectivity index is 1.80. The van der Waals surface area contributed by atoms with Gasteiger partial charge in [-0.25, -0.2) is 8.78 Å². The van der Waals surface area contributed by atoms with Crippen molar-refractivity contribution in [1.82, 2.24) is 0 Å². The van der Waals surface area contributed by atoms with Gasteiger partial charge in [0.1, 0.15) is 0 Å². The third-order valence-electron chi connectivity index (χ3n) is 7.54. The quantitative estimate of drug-likeness (QED) is 0.534. The third-order valence-corrected chi connectivity index (χ3v) is 7.54. The third kappa shape index (κ3) is 1.26. The molecule has 1 N–H and O–H groups in total. The van der Waals surface area contributed by atoms with Crippen LogP contribution in [0, 0.1) is 47.3 Å². The Bertz CT molecular complexity index is 489. The number of rotatable bonds is 0. The van der Waals surface area contributed by atoms with Gasteiger partial charge in [-0.05, 0) is 48.3 Å². The first-order valence-electron chi connectivity index (χ1n) is 7.70. The highest BCUT2D eigenvalue weighted by atomic mass is 19.4. The number of alkyl halides is 5. The zero-order chi connectivity index (χ0) is 15.5. The Morgan fingerprint density at radius 3 is 1.86 bits per heavy atom. The summed E-state index contributed by atoms with van der Waals surface area (Å²) in [6.45, 7) is 4.05. The standard InChI is InChI=1S/C15H19F5O/c1-5-6(2)8-3-7(5)11-9-4-10(12(8)11)14(16,17)13(9,21)15(18,19)20/h5-12,21H,3-4H2,1-2H3. The van der Waals surface area contributed by atoms with Gasteiger partial charge in [-0.15, -0.1) is 0 Å².